The lowest BCUT2D eigenvalue weighted by atomic mass is 9.82. The molecule has 0 aromatic heterocycles. The number of Topliss-reactive ketones (excluding diaryl/α,β-unsaturated/α-hetero) is 1. The molecule has 5 nitrogen and oxygen atoms in total. The molecule has 0 unspecified atom stereocenters. The quantitative estimate of drug-likeness (QED) is 0.299. The number of hydrogen-bond donors (Lipinski definition) is 0. The highest BCUT2D eigenvalue weighted by molar-refractivity contribution is 5.97. The minimum atomic E-state index is -1.25. The van der Waals surface area contributed by atoms with E-state index >= 15 is 0 Å². The van der Waals surface area contributed by atoms with Crippen LogP contribution in [0.4, 0.5) is 0 Å². The maximum atomic E-state index is 13.2. The Balaban J connectivity index is 1.86. The lowest BCUT2D eigenvalue weighted by molar-refractivity contribution is -0.165. The van der Waals surface area contributed by atoms with Crippen LogP contribution < -0.4 is 0 Å². The van der Waals surface area contributed by atoms with Crippen LogP contribution in [0.5, 0.6) is 0 Å². The predicted octanol–water partition coefficient (Wildman–Crippen LogP) is 5.24. The van der Waals surface area contributed by atoms with Crippen molar-refractivity contribution in [3.63, 3.8) is 0 Å². The van der Waals surface area contributed by atoms with Crippen LogP contribution in [0.15, 0.2) is 91.0 Å². The van der Waals surface area contributed by atoms with Crippen molar-refractivity contribution in [1.29, 1.82) is 0 Å². The van der Waals surface area contributed by atoms with Crippen LogP contribution in [0.2, 0.25) is 0 Å². The summed E-state index contributed by atoms with van der Waals surface area (Å²) in [4.78, 5) is 38.8. The second kappa shape index (κ2) is 12.3. The molecule has 1 atom stereocenters. The highest BCUT2D eigenvalue weighted by Crippen LogP contribution is 2.32. The first-order chi connectivity index (χ1) is 16.1. The van der Waals surface area contributed by atoms with E-state index in [0.29, 0.717) is 6.42 Å². The lowest BCUT2D eigenvalue weighted by Crippen LogP contribution is -2.34. The van der Waals surface area contributed by atoms with E-state index in [1.165, 1.54) is 0 Å². The van der Waals surface area contributed by atoms with E-state index in [4.69, 9.17) is 9.47 Å². The Morgan fingerprint density at radius 3 is 1.52 bits per heavy atom. The molecule has 5 heteroatoms. The van der Waals surface area contributed by atoms with Gasteiger partial charge in [0, 0.05) is 18.8 Å². The van der Waals surface area contributed by atoms with E-state index in [1.54, 1.807) is 6.92 Å². The molecule has 0 N–H and O–H groups in total. The van der Waals surface area contributed by atoms with Crippen molar-refractivity contribution in [3.05, 3.63) is 108 Å². The zero-order valence-corrected chi connectivity index (χ0v) is 18.7. The minimum absolute atomic E-state index is 0.0331. The molecule has 0 saturated carbocycles. The van der Waals surface area contributed by atoms with E-state index < -0.39 is 23.8 Å². The summed E-state index contributed by atoms with van der Waals surface area (Å²) in [6.07, 6.45) is 0.361. The monoisotopic (exact) mass is 444 g/mol. The van der Waals surface area contributed by atoms with Gasteiger partial charge < -0.3 is 9.47 Å². The summed E-state index contributed by atoms with van der Waals surface area (Å²) in [5.74, 6) is -3.37. The molecular weight excluding hydrogens is 416 g/mol. The Hall–Kier alpha value is -3.73. The molecule has 0 aliphatic rings. The first-order valence-electron chi connectivity index (χ1n) is 11.1. The lowest BCUT2D eigenvalue weighted by Gasteiger charge is -2.24. The van der Waals surface area contributed by atoms with E-state index in [1.807, 2.05) is 91.0 Å². The van der Waals surface area contributed by atoms with Crippen molar-refractivity contribution in [2.75, 3.05) is 0 Å². The Labute approximate surface area is 194 Å². The molecule has 0 aliphatic heterocycles. The van der Waals surface area contributed by atoms with Gasteiger partial charge in [0.15, 0.2) is 5.92 Å². The molecule has 3 rings (SSSR count). The third kappa shape index (κ3) is 7.14. The maximum absolute atomic E-state index is 13.2. The molecule has 3 aromatic rings. The minimum Gasteiger partial charge on any atom is -0.460 e. The number of carbonyl (C=O) groups is 3. The molecule has 3 aromatic carbocycles. The van der Waals surface area contributed by atoms with Gasteiger partial charge in [0.2, 0.25) is 0 Å². The predicted molar refractivity (Wildman–Crippen MR) is 125 cm³/mol. The summed E-state index contributed by atoms with van der Waals surface area (Å²) in [5.41, 5.74) is 2.34. The average Bonchev–Trinajstić information content (AvgIpc) is 2.87. The van der Waals surface area contributed by atoms with Crippen LogP contribution in [-0.2, 0) is 37.1 Å². The summed E-state index contributed by atoms with van der Waals surface area (Å²) in [6, 6.07) is 27.6. The molecule has 0 fully saturated rings. The van der Waals surface area contributed by atoms with Gasteiger partial charge in [0.25, 0.3) is 0 Å². The van der Waals surface area contributed by atoms with Gasteiger partial charge in [-0.15, -0.1) is 0 Å². The molecule has 33 heavy (non-hydrogen) atoms. The molecular formula is C28H28O5. The molecule has 0 spiro atoms. The Bertz CT molecular complexity index is 976. The number of rotatable bonds is 11. The third-order valence-electron chi connectivity index (χ3n) is 5.43. The molecule has 0 heterocycles. The van der Waals surface area contributed by atoms with Crippen LogP contribution in [0.3, 0.4) is 0 Å². The van der Waals surface area contributed by atoms with E-state index in [-0.39, 0.29) is 25.4 Å². The van der Waals surface area contributed by atoms with Gasteiger partial charge in [-0.2, -0.15) is 0 Å². The molecule has 0 amide bonds. The van der Waals surface area contributed by atoms with Crippen molar-refractivity contribution >= 4 is 17.7 Å². The van der Waals surface area contributed by atoms with Crippen molar-refractivity contribution in [2.24, 2.45) is 5.92 Å². The van der Waals surface area contributed by atoms with E-state index in [2.05, 4.69) is 0 Å². The first kappa shape index (κ1) is 23.9. The number of carbonyl (C=O) groups excluding carboxylic acids is 3. The summed E-state index contributed by atoms with van der Waals surface area (Å²) in [7, 11) is 0. The number of ketones is 1. The second-order valence-corrected chi connectivity index (χ2v) is 7.78. The molecule has 170 valence electrons. The van der Waals surface area contributed by atoms with E-state index in [0.717, 1.165) is 16.7 Å². The summed E-state index contributed by atoms with van der Waals surface area (Å²) >= 11 is 0. The van der Waals surface area contributed by atoms with Gasteiger partial charge in [-0.1, -0.05) is 97.9 Å². The number of ether oxygens (including phenoxy) is 2. The van der Waals surface area contributed by atoms with Crippen LogP contribution >= 0.6 is 0 Å². The van der Waals surface area contributed by atoms with Crippen molar-refractivity contribution in [3.8, 4) is 0 Å². The van der Waals surface area contributed by atoms with Gasteiger partial charge in [-0.05, 0) is 16.7 Å². The highest BCUT2D eigenvalue weighted by Gasteiger charge is 2.39. The van der Waals surface area contributed by atoms with Crippen LogP contribution in [0.25, 0.3) is 0 Å². The van der Waals surface area contributed by atoms with Crippen LogP contribution in [0, 0.1) is 5.92 Å². The number of benzene rings is 3. The zero-order valence-electron chi connectivity index (χ0n) is 18.7. The first-order valence-corrected chi connectivity index (χ1v) is 11.1. The van der Waals surface area contributed by atoms with Gasteiger partial charge in [0.1, 0.15) is 19.0 Å². The Morgan fingerprint density at radius 2 is 1.09 bits per heavy atom. The normalized spacial score (nSPS) is 11.6. The van der Waals surface area contributed by atoms with Gasteiger partial charge in [0.05, 0.1) is 0 Å². The van der Waals surface area contributed by atoms with E-state index in [9.17, 15) is 14.4 Å². The SMILES string of the molecule is CCC(=O)C[C@@H](c1ccccc1)C(C(=O)OCc1ccccc1)C(=O)OCc1ccccc1. The average molecular weight is 445 g/mol. The smallest absolute Gasteiger partial charge is 0.321 e. The van der Waals surface area contributed by atoms with Crippen LogP contribution in [0.1, 0.15) is 42.4 Å². The molecule has 0 aliphatic carbocycles. The largest absolute Gasteiger partial charge is 0.460 e. The fourth-order valence-corrected chi connectivity index (χ4v) is 3.58. The maximum Gasteiger partial charge on any atom is 0.321 e. The third-order valence-corrected chi connectivity index (χ3v) is 5.43. The van der Waals surface area contributed by atoms with Gasteiger partial charge in [-0.3, -0.25) is 14.4 Å². The Morgan fingerprint density at radius 1 is 0.667 bits per heavy atom. The highest BCUT2D eigenvalue weighted by atomic mass is 16.6. The van der Waals surface area contributed by atoms with Gasteiger partial charge in [-0.25, -0.2) is 0 Å². The topological polar surface area (TPSA) is 69.7 Å². The molecule has 0 saturated heterocycles. The number of hydrogen-bond acceptors (Lipinski definition) is 5. The fourth-order valence-electron chi connectivity index (χ4n) is 3.58. The molecule has 0 radical (unpaired) electrons. The van der Waals surface area contributed by atoms with Crippen molar-refractivity contribution < 1.29 is 23.9 Å². The fraction of sp³-hybridized carbons (Fsp3) is 0.250. The second-order valence-electron chi connectivity index (χ2n) is 7.78. The van der Waals surface area contributed by atoms with Gasteiger partial charge >= 0.3 is 11.9 Å². The zero-order chi connectivity index (χ0) is 23.5. The standard InChI is InChI=1S/C28H28O5/c1-2-24(29)18-25(23-16-10-5-11-17-23)26(27(30)32-19-21-12-6-3-7-13-21)28(31)33-20-22-14-8-4-9-15-22/h3-17,25-26H,2,18-20H2,1H3/t25-/m0/s1. The summed E-state index contributed by atoms with van der Waals surface area (Å²) in [5, 5.41) is 0. The molecule has 0 bridgehead atoms. The van der Waals surface area contributed by atoms with Crippen molar-refractivity contribution in [2.45, 2.75) is 38.9 Å². The van der Waals surface area contributed by atoms with Crippen molar-refractivity contribution in [1.82, 2.24) is 0 Å². The summed E-state index contributed by atoms with van der Waals surface area (Å²) < 4.78 is 11.1. The number of esters is 2. The van der Waals surface area contributed by atoms with Crippen LogP contribution in [-0.4, -0.2) is 17.7 Å². The summed E-state index contributed by atoms with van der Waals surface area (Å²) in [6.45, 7) is 1.83. The Kier molecular flexibility index (Phi) is 8.95.